The Balaban J connectivity index is 3.89. The predicted octanol–water partition coefficient (Wildman–Crippen LogP) is 6.16. The fraction of sp³-hybridized carbons (Fsp3) is 0.650. The van der Waals surface area contributed by atoms with Gasteiger partial charge in [-0.25, -0.2) is 0 Å². The van der Waals surface area contributed by atoms with Crippen molar-refractivity contribution in [1.82, 2.24) is 0 Å². The van der Waals surface area contributed by atoms with Gasteiger partial charge in [-0.3, -0.25) is 10.1 Å². The lowest BCUT2D eigenvalue weighted by Gasteiger charge is -1.98. The SMILES string of the molecule is CCCCCCCC/C=C(/C/C=C/C/C=C/CCCC=O)[N+](=O)[O-]. The minimum Gasteiger partial charge on any atom is -0.303 e. The van der Waals surface area contributed by atoms with Crippen LogP contribution in [0.2, 0.25) is 0 Å². The fourth-order valence-electron chi connectivity index (χ4n) is 2.34. The average molecular weight is 335 g/mol. The van der Waals surface area contributed by atoms with Crippen LogP contribution in [-0.2, 0) is 4.79 Å². The van der Waals surface area contributed by atoms with E-state index in [4.69, 9.17) is 0 Å². The van der Waals surface area contributed by atoms with Crippen LogP contribution in [0.3, 0.4) is 0 Å². The first-order chi connectivity index (χ1) is 11.7. The van der Waals surface area contributed by atoms with Gasteiger partial charge in [-0.2, -0.15) is 0 Å². The Hall–Kier alpha value is -1.71. The van der Waals surface area contributed by atoms with Gasteiger partial charge in [0, 0.05) is 6.42 Å². The van der Waals surface area contributed by atoms with E-state index in [0.29, 0.717) is 18.5 Å². The van der Waals surface area contributed by atoms with Crippen LogP contribution in [0, 0.1) is 10.1 Å². The summed E-state index contributed by atoms with van der Waals surface area (Å²) in [6.07, 6.45) is 22.2. The lowest BCUT2D eigenvalue weighted by atomic mass is 10.1. The summed E-state index contributed by atoms with van der Waals surface area (Å²) in [5.74, 6) is 0. The van der Waals surface area contributed by atoms with Gasteiger partial charge in [0.25, 0.3) is 0 Å². The Bertz CT molecular complexity index is 411. The molecule has 0 bridgehead atoms. The second kappa shape index (κ2) is 17.6. The highest BCUT2D eigenvalue weighted by Gasteiger charge is 2.06. The van der Waals surface area contributed by atoms with Crippen LogP contribution in [-0.4, -0.2) is 11.2 Å². The topological polar surface area (TPSA) is 60.2 Å². The van der Waals surface area contributed by atoms with Crippen molar-refractivity contribution >= 4 is 6.29 Å². The molecule has 0 N–H and O–H groups in total. The van der Waals surface area contributed by atoms with Crippen LogP contribution in [0.4, 0.5) is 0 Å². The van der Waals surface area contributed by atoms with E-state index in [1.165, 1.54) is 25.7 Å². The van der Waals surface area contributed by atoms with E-state index in [1.54, 1.807) is 6.08 Å². The first kappa shape index (κ1) is 22.3. The Morgan fingerprint density at radius 3 is 2.29 bits per heavy atom. The third kappa shape index (κ3) is 15.2. The Labute approximate surface area is 146 Å². The smallest absolute Gasteiger partial charge is 0.246 e. The third-order valence-electron chi connectivity index (χ3n) is 3.80. The number of unbranched alkanes of at least 4 members (excludes halogenated alkanes) is 8. The lowest BCUT2D eigenvalue weighted by Crippen LogP contribution is -1.97. The maximum absolute atomic E-state index is 11.0. The van der Waals surface area contributed by atoms with Crippen LogP contribution in [0.1, 0.15) is 84.0 Å². The summed E-state index contributed by atoms with van der Waals surface area (Å²) >= 11 is 0. The van der Waals surface area contributed by atoms with Crippen molar-refractivity contribution in [1.29, 1.82) is 0 Å². The molecule has 24 heavy (non-hydrogen) atoms. The van der Waals surface area contributed by atoms with Crippen molar-refractivity contribution in [3.63, 3.8) is 0 Å². The summed E-state index contributed by atoms with van der Waals surface area (Å²) < 4.78 is 0. The van der Waals surface area contributed by atoms with E-state index in [1.807, 2.05) is 18.2 Å². The molecule has 0 aromatic heterocycles. The van der Waals surface area contributed by atoms with E-state index in [0.717, 1.165) is 44.8 Å². The zero-order chi connectivity index (χ0) is 17.9. The molecular weight excluding hydrogens is 302 g/mol. The molecule has 0 aliphatic heterocycles. The van der Waals surface area contributed by atoms with Crippen molar-refractivity contribution in [2.24, 2.45) is 0 Å². The van der Waals surface area contributed by atoms with Crippen LogP contribution < -0.4 is 0 Å². The fourth-order valence-corrected chi connectivity index (χ4v) is 2.34. The van der Waals surface area contributed by atoms with Crippen LogP contribution in [0.5, 0.6) is 0 Å². The van der Waals surface area contributed by atoms with Gasteiger partial charge in [0.2, 0.25) is 5.70 Å². The minimum atomic E-state index is -0.267. The summed E-state index contributed by atoms with van der Waals surface area (Å²) in [5, 5.41) is 11.0. The Morgan fingerprint density at radius 1 is 0.875 bits per heavy atom. The number of rotatable bonds is 16. The molecule has 4 nitrogen and oxygen atoms in total. The average Bonchev–Trinajstić information content (AvgIpc) is 2.57. The number of carbonyl (C=O) groups excluding carboxylic acids is 1. The molecule has 0 rings (SSSR count). The first-order valence-electron chi connectivity index (χ1n) is 9.29. The summed E-state index contributed by atoms with van der Waals surface area (Å²) in [6, 6.07) is 0. The zero-order valence-corrected chi connectivity index (χ0v) is 15.1. The molecule has 4 heteroatoms. The molecule has 0 aromatic carbocycles. The van der Waals surface area contributed by atoms with Crippen molar-refractivity contribution in [3.05, 3.63) is 46.2 Å². The normalized spacial score (nSPS) is 12.3. The summed E-state index contributed by atoms with van der Waals surface area (Å²) in [5.41, 5.74) is 0.301. The van der Waals surface area contributed by atoms with Gasteiger partial charge >= 0.3 is 0 Å². The molecule has 136 valence electrons. The molecule has 0 aliphatic rings. The number of nitrogens with zero attached hydrogens (tertiary/aromatic N) is 1. The van der Waals surface area contributed by atoms with E-state index >= 15 is 0 Å². The molecule has 0 saturated heterocycles. The van der Waals surface area contributed by atoms with E-state index in [9.17, 15) is 14.9 Å². The van der Waals surface area contributed by atoms with Gasteiger partial charge in [0.1, 0.15) is 6.29 Å². The van der Waals surface area contributed by atoms with Gasteiger partial charge in [0.15, 0.2) is 0 Å². The monoisotopic (exact) mass is 335 g/mol. The Morgan fingerprint density at radius 2 is 1.58 bits per heavy atom. The quantitative estimate of drug-likeness (QED) is 0.112. The number of aldehydes is 1. The molecule has 0 fully saturated rings. The number of carbonyl (C=O) groups is 1. The molecular formula is C20H33NO3. The summed E-state index contributed by atoms with van der Waals surface area (Å²) in [7, 11) is 0. The maximum atomic E-state index is 11.0. The summed E-state index contributed by atoms with van der Waals surface area (Å²) in [4.78, 5) is 20.9. The highest BCUT2D eigenvalue weighted by molar-refractivity contribution is 5.49. The maximum Gasteiger partial charge on any atom is 0.246 e. The zero-order valence-electron chi connectivity index (χ0n) is 15.1. The number of allylic oxidation sites excluding steroid dienone is 5. The van der Waals surface area contributed by atoms with Crippen LogP contribution >= 0.6 is 0 Å². The van der Waals surface area contributed by atoms with Crippen LogP contribution in [0.25, 0.3) is 0 Å². The van der Waals surface area contributed by atoms with Gasteiger partial charge < -0.3 is 4.79 Å². The third-order valence-corrected chi connectivity index (χ3v) is 3.80. The molecule has 0 radical (unpaired) electrons. The molecule has 0 aromatic rings. The number of nitro groups is 1. The first-order valence-corrected chi connectivity index (χ1v) is 9.29. The second-order valence-corrected chi connectivity index (χ2v) is 5.99. The number of hydrogen-bond acceptors (Lipinski definition) is 3. The highest BCUT2D eigenvalue weighted by Crippen LogP contribution is 2.11. The van der Waals surface area contributed by atoms with Crippen LogP contribution in [0.15, 0.2) is 36.1 Å². The van der Waals surface area contributed by atoms with Gasteiger partial charge in [0.05, 0.1) is 11.3 Å². The molecule has 0 amide bonds. The van der Waals surface area contributed by atoms with E-state index in [2.05, 4.69) is 13.0 Å². The largest absolute Gasteiger partial charge is 0.303 e. The van der Waals surface area contributed by atoms with Crippen molar-refractivity contribution in [2.75, 3.05) is 0 Å². The van der Waals surface area contributed by atoms with Gasteiger partial charge in [-0.05, 0) is 38.2 Å². The lowest BCUT2D eigenvalue weighted by molar-refractivity contribution is -0.427. The van der Waals surface area contributed by atoms with Crippen molar-refractivity contribution < 1.29 is 9.72 Å². The second-order valence-electron chi connectivity index (χ2n) is 5.99. The van der Waals surface area contributed by atoms with E-state index < -0.39 is 0 Å². The molecule has 0 saturated carbocycles. The minimum absolute atomic E-state index is 0.267. The Kier molecular flexibility index (Phi) is 16.4. The molecule has 0 atom stereocenters. The van der Waals surface area contributed by atoms with Crippen molar-refractivity contribution in [2.45, 2.75) is 84.0 Å². The molecule has 0 unspecified atom stereocenters. The van der Waals surface area contributed by atoms with Crippen molar-refractivity contribution in [3.8, 4) is 0 Å². The molecule has 0 heterocycles. The van der Waals surface area contributed by atoms with Gasteiger partial charge in [-0.15, -0.1) is 0 Å². The number of hydrogen-bond donors (Lipinski definition) is 0. The standard InChI is InChI=1S/C20H33NO3/c1-2-3-4-5-8-11-14-17-20(21(23)24)18-15-12-9-6-7-10-13-16-19-22/h6-7,12,15,17,19H,2-5,8-11,13-14,16,18H2,1H3/b7-6+,15-12+,20-17-. The summed E-state index contributed by atoms with van der Waals surface area (Å²) in [6.45, 7) is 2.20. The predicted molar refractivity (Wildman–Crippen MR) is 100 cm³/mol. The van der Waals surface area contributed by atoms with E-state index in [-0.39, 0.29) is 4.92 Å². The highest BCUT2D eigenvalue weighted by atomic mass is 16.6. The van der Waals surface area contributed by atoms with Gasteiger partial charge in [-0.1, -0.05) is 63.3 Å². The molecule has 0 spiro atoms. The molecule has 0 aliphatic carbocycles.